The van der Waals surface area contributed by atoms with Crippen molar-refractivity contribution in [1.29, 1.82) is 0 Å². The number of piperidine rings is 1. The molecule has 1 fully saturated rings. The van der Waals surface area contributed by atoms with E-state index in [-0.39, 0.29) is 18.4 Å². The molecule has 3 rings (SSSR count). The first-order valence-electron chi connectivity index (χ1n) is 9.71. The molecule has 0 aliphatic carbocycles. The summed E-state index contributed by atoms with van der Waals surface area (Å²) < 4.78 is 0.827. The average Bonchev–Trinajstić information content (AvgIpc) is 2.72. The van der Waals surface area contributed by atoms with Crippen molar-refractivity contribution in [2.24, 2.45) is 0 Å². The van der Waals surface area contributed by atoms with E-state index in [1.807, 2.05) is 6.07 Å². The number of nitrogens with zero attached hydrogens (tertiary/aromatic N) is 1. The molecule has 2 aromatic rings. The Kier molecular flexibility index (Phi) is 7.62. The van der Waals surface area contributed by atoms with Crippen LogP contribution in [0.4, 0.5) is 0 Å². The van der Waals surface area contributed by atoms with Crippen LogP contribution in [0.3, 0.4) is 0 Å². The number of benzene rings is 2. The van der Waals surface area contributed by atoms with Crippen molar-refractivity contribution in [1.82, 2.24) is 15.5 Å². The Bertz CT molecular complexity index is 802. The molecule has 28 heavy (non-hydrogen) atoms. The predicted octanol–water partition coefficient (Wildman–Crippen LogP) is 3.48. The number of halogens is 1. The van der Waals surface area contributed by atoms with Crippen molar-refractivity contribution < 1.29 is 9.59 Å². The Labute approximate surface area is 174 Å². The third-order valence-electron chi connectivity index (χ3n) is 4.86. The van der Waals surface area contributed by atoms with Crippen LogP contribution in [0.5, 0.6) is 0 Å². The van der Waals surface area contributed by atoms with Crippen LogP contribution in [0.2, 0.25) is 0 Å². The summed E-state index contributed by atoms with van der Waals surface area (Å²) in [4.78, 5) is 26.6. The van der Waals surface area contributed by atoms with E-state index >= 15 is 0 Å². The van der Waals surface area contributed by atoms with Crippen molar-refractivity contribution in [2.75, 3.05) is 19.6 Å². The minimum absolute atomic E-state index is 0.0433. The van der Waals surface area contributed by atoms with Gasteiger partial charge in [-0.2, -0.15) is 0 Å². The van der Waals surface area contributed by atoms with E-state index in [1.54, 1.807) is 18.2 Å². The monoisotopic (exact) mass is 443 g/mol. The second-order valence-electron chi connectivity index (χ2n) is 7.12. The van der Waals surface area contributed by atoms with Crippen LogP contribution in [-0.2, 0) is 17.9 Å². The van der Waals surface area contributed by atoms with Gasteiger partial charge in [-0.1, -0.05) is 52.7 Å². The second kappa shape index (κ2) is 10.4. The summed E-state index contributed by atoms with van der Waals surface area (Å²) in [5.41, 5.74) is 2.87. The molecule has 0 bridgehead atoms. The summed E-state index contributed by atoms with van der Waals surface area (Å²) in [5, 5.41) is 5.48. The van der Waals surface area contributed by atoms with Gasteiger partial charge in [0, 0.05) is 23.1 Å². The lowest BCUT2D eigenvalue weighted by Gasteiger charge is -2.26. The molecule has 0 atom stereocenters. The molecule has 2 N–H and O–H groups in total. The van der Waals surface area contributed by atoms with Crippen LogP contribution >= 0.6 is 15.9 Å². The Morgan fingerprint density at radius 1 is 0.929 bits per heavy atom. The van der Waals surface area contributed by atoms with Gasteiger partial charge in [-0.05, 0) is 55.3 Å². The predicted molar refractivity (Wildman–Crippen MR) is 114 cm³/mol. The van der Waals surface area contributed by atoms with Crippen molar-refractivity contribution in [3.63, 3.8) is 0 Å². The number of hydrogen-bond acceptors (Lipinski definition) is 3. The molecule has 1 heterocycles. The van der Waals surface area contributed by atoms with Gasteiger partial charge in [-0.3, -0.25) is 14.5 Å². The highest BCUT2D eigenvalue weighted by molar-refractivity contribution is 9.10. The normalized spacial score (nSPS) is 14.5. The zero-order chi connectivity index (χ0) is 19.8. The highest BCUT2D eigenvalue weighted by Crippen LogP contribution is 2.14. The lowest BCUT2D eigenvalue weighted by molar-refractivity contribution is -0.120. The molecule has 2 aromatic carbocycles. The second-order valence-corrected chi connectivity index (χ2v) is 8.04. The molecule has 5 nitrogen and oxygen atoms in total. The highest BCUT2D eigenvalue weighted by Gasteiger charge is 2.11. The standard InChI is InChI=1S/C22H26BrN3O2/c23-20-6-4-5-19(13-20)22(28)25-15-21(27)24-14-17-7-9-18(10-8-17)16-26-11-2-1-3-12-26/h4-10,13H,1-3,11-12,14-16H2,(H,24,27)(H,25,28). The summed E-state index contributed by atoms with van der Waals surface area (Å²) in [7, 11) is 0. The van der Waals surface area contributed by atoms with Crippen LogP contribution in [0.1, 0.15) is 40.7 Å². The van der Waals surface area contributed by atoms with Crippen molar-refractivity contribution in [3.8, 4) is 0 Å². The van der Waals surface area contributed by atoms with Gasteiger partial charge >= 0.3 is 0 Å². The quantitative estimate of drug-likeness (QED) is 0.688. The minimum atomic E-state index is -0.265. The van der Waals surface area contributed by atoms with E-state index in [9.17, 15) is 9.59 Å². The molecule has 2 amide bonds. The SMILES string of the molecule is O=C(CNC(=O)c1cccc(Br)c1)NCc1ccc(CN2CCCCC2)cc1. The Morgan fingerprint density at radius 3 is 2.36 bits per heavy atom. The number of nitrogens with one attached hydrogen (secondary N) is 2. The Hall–Kier alpha value is -2.18. The van der Waals surface area contributed by atoms with E-state index in [0.29, 0.717) is 12.1 Å². The van der Waals surface area contributed by atoms with Crippen LogP contribution in [0, 0.1) is 0 Å². The molecule has 1 aliphatic rings. The molecular formula is C22H26BrN3O2. The first-order valence-corrected chi connectivity index (χ1v) is 10.5. The Balaban J connectivity index is 1.39. The van der Waals surface area contributed by atoms with Crippen molar-refractivity contribution >= 4 is 27.7 Å². The van der Waals surface area contributed by atoms with E-state index < -0.39 is 0 Å². The molecule has 6 heteroatoms. The number of carbonyl (C=O) groups is 2. The third kappa shape index (κ3) is 6.46. The number of carbonyl (C=O) groups excluding carboxylic acids is 2. The fourth-order valence-corrected chi connectivity index (χ4v) is 3.69. The fourth-order valence-electron chi connectivity index (χ4n) is 3.29. The van der Waals surface area contributed by atoms with Crippen LogP contribution in [0.25, 0.3) is 0 Å². The van der Waals surface area contributed by atoms with E-state index in [1.165, 1.54) is 37.9 Å². The number of rotatable bonds is 7. The fraction of sp³-hybridized carbons (Fsp3) is 0.364. The maximum absolute atomic E-state index is 12.1. The molecule has 0 saturated carbocycles. The molecule has 0 radical (unpaired) electrons. The summed E-state index contributed by atoms with van der Waals surface area (Å²) in [6.07, 6.45) is 3.93. The van der Waals surface area contributed by atoms with Crippen LogP contribution in [-0.4, -0.2) is 36.3 Å². The van der Waals surface area contributed by atoms with Gasteiger partial charge < -0.3 is 10.6 Å². The third-order valence-corrected chi connectivity index (χ3v) is 5.36. The maximum Gasteiger partial charge on any atom is 0.251 e. The number of amides is 2. The lowest BCUT2D eigenvalue weighted by atomic mass is 10.1. The molecule has 1 aliphatic heterocycles. The van der Waals surface area contributed by atoms with Crippen LogP contribution < -0.4 is 10.6 Å². The largest absolute Gasteiger partial charge is 0.350 e. The molecule has 1 saturated heterocycles. The molecular weight excluding hydrogens is 418 g/mol. The maximum atomic E-state index is 12.1. The van der Waals surface area contributed by atoms with E-state index in [4.69, 9.17) is 0 Å². The number of hydrogen-bond donors (Lipinski definition) is 2. The summed E-state index contributed by atoms with van der Waals surface area (Å²) in [6.45, 7) is 3.77. The molecule has 0 unspecified atom stereocenters. The zero-order valence-corrected chi connectivity index (χ0v) is 17.5. The first kappa shape index (κ1) is 20.6. The number of likely N-dealkylation sites (tertiary alicyclic amines) is 1. The van der Waals surface area contributed by atoms with Gasteiger partial charge in [-0.25, -0.2) is 0 Å². The van der Waals surface area contributed by atoms with Gasteiger partial charge in [0.05, 0.1) is 6.54 Å². The zero-order valence-electron chi connectivity index (χ0n) is 15.9. The molecule has 0 aromatic heterocycles. The molecule has 148 valence electrons. The van der Waals surface area contributed by atoms with Crippen LogP contribution in [0.15, 0.2) is 53.0 Å². The van der Waals surface area contributed by atoms with Crippen molar-refractivity contribution in [3.05, 3.63) is 69.7 Å². The lowest BCUT2D eigenvalue weighted by Crippen LogP contribution is -2.36. The Morgan fingerprint density at radius 2 is 1.64 bits per heavy atom. The summed E-state index contributed by atoms with van der Waals surface area (Å²) >= 11 is 3.33. The van der Waals surface area contributed by atoms with Crippen molar-refractivity contribution in [2.45, 2.75) is 32.4 Å². The smallest absolute Gasteiger partial charge is 0.251 e. The summed E-state index contributed by atoms with van der Waals surface area (Å²) in [5.74, 6) is -0.473. The van der Waals surface area contributed by atoms with Gasteiger partial charge in [0.15, 0.2) is 0 Å². The highest BCUT2D eigenvalue weighted by atomic mass is 79.9. The van der Waals surface area contributed by atoms with E-state index in [2.05, 4.69) is 55.7 Å². The molecule has 0 spiro atoms. The van der Waals surface area contributed by atoms with Gasteiger partial charge in [-0.15, -0.1) is 0 Å². The van der Waals surface area contributed by atoms with Gasteiger partial charge in [0.1, 0.15) is 0 Å². The first-order chi connectivity index (χ1) is 13.6. The van der Waals surface area contributed by atoms with Gasteiger partial charge in [0.2, 0.25) is 5.91 Å². The van der Waals surface area contributed by atoms with E-state index in [0.717, 1.165) is 16.6 Å². The summed E-state index contributed by atoms with van der Waals surface area (Å²) in [6, 6.07) is 15.4. The average molecular weight is 444 g/mol. The minimum Gasteiger partial charge on any atom is -0.350 e. The van der Waals surface area contributed by atoms with Gasteiger partial charge in [0.25, 0.3) is 5.91 Å². The topological polar surface area (TPSA) is 61.4 Å².